The quantitative estimate of drug-likeness (QED) is 0.111. The Labute approximate surface area is 229 Å². The SMILES string of the molecule is COC(=O)c1ccc(O)c(Nc2cc(O)c(-c3c(O)cc(-n4c(=O)[nH]c5ccc(C(=O)O)cc54)cc3O)c(O)c2)c1. The van der Waals surface area contributed by atoms with Gasteiger partial charge in [-0.2, -0.15) is 0 Å². The number of carboxylic acid groups (broad SMARTS) is 1. The van der Waals surface area contributed by atoms with Crippen molar-refractivity contribution in [3.8, 4) is 45.6 Å². The molecule has 5 aromatic rings. The number of phenolic OH excluding ortho intramolecular Hbond substituents is 5. The summed E-state index contributed by atoms with van der Waals surface area (Å²) in [6, 6.07) is 12.3. The van der Waals surface area contributed by atoms with E-state index in [0.717, 1.165) is 28.8 Å². The normalized spacial score (nSPS) is 11.0. The Hall–Kier alpha value is -6.11. The average molecular weight is 559 g/mol. The maximum absolute atomic E-state index is 12.7. The number of rotatable bonds is 6. The van der Waals surface area contributed by atoms with Gasteiger partial charge < -0.3 is 45.7 Å². The molecule has 0 unspecified atom stereocenters. The van der Waals surface area contributed by atoms with Gasteiger partial charge in [0.25, 0.3) is 0 Å². The number of carboxylic acids is 1. The number of nitrogens with zero attached hydrogens (tertiary/aromatic N) is 1. The Balaban J connectivity index is 1.55. The van der Waals surface area contributed by atoms with Crippen LogP contribution in [0.5, 0.6) is 28.7 Å². The number of hydrogen-bond acceptors (Lipinski definition) is 10. The van der Waals surface area contributed by atoms with Crippen LogP contribution in [-0.4, -0.2) is 59.2 Å². The zero-order valence-corrected chi connectivity index (χ0v) is 21.0. The molecule has 0 saturated carbocycles. The van der Waals surface area contributed by atoms with Crippen molar-refractivity contribution in [3.63, 3.8) is 0 Å². The number of carbonyl (C=O) groups is 2. The number of carbonyl (C=O) groups excluding carboxylic acids is 1. The molecule has 0 fully saturated rings. The third kappa shape index (κ3) is 4.67. The summed E-state index contributed by atoms with van der Waals surface area (Å²) in [4.78, 5) is 38.5. The van der Waals surface area contributed by atoms with Crippen molar-refractivity contribution in [1.82, 2.24) is 9.55 Å². The molecule has 0 spiro atoms. The number of aromatic nitrogens is 2. The minimum absolute atomic E-state index is 0.0271. The van der Waals surface area contributed by atoms with Gasteiger partial charge in [0.2, 0.25) is 0 Å². The van der Waals surface area contributed by atoms with Crippen LogP contribution in [0, 0.1) is 0 Å². The third-order valence-electron chi connectivity index (χ3n) is 6.31. The standard InChI is InChI=1S/C28H21N3O10/c1-41-27(39)13-3-5-19(32)17(6-13)29-14-8-20(33)24(21(34)9-14)25-22(35)10-15(11-23(25)36)31-18-7-12(26(37)38)2-4-16(18)30-28(31)40/h2-11,29,32-36H,1H3,(H,30,40)(H,37,38). The molecule has 0 aliphatic carbocycles. The Morgan fingerprint density at radius 1 is 0.780 bits per heavy atom. The molecular formula is C28H21N3O10. The van der Waals surface area contributed by atoms with Gasteiger partial charge in [0.15, 0.2) is 0 Å². The van der Waals surface area contributed by atoms with Crippen LogP contribution in [0.3, 0.4) is 0 Å². The van der Waals surface area contributed by atoms with E-state index in [2.05, 4.69) is 15.0 Å². The fourth-order valence-corrected chi connectivity index (χ4v) is 4.45. The number of ether oxygens (including phenoxy) is 1. The first kappa shape index (κ1) is 26.5. The van der Waals surface area contributed by atoms with E-state index in [0.29, 0.717) is 5.52 Å². The van der Waals surface area contributed by atoms with Crippen molar-refractivity contribution in [2.24, 2.45) is 0 Å². The molecule has 0 aliphatic heterocycles. The van der Waals surface area contributed by atoms with Crippen molar-refractivity contribution < 1.29 is 45.0 Å². The number of fused-ring (bicyclic) bond motifs is 1. The van der Waals surface area contributed by atoms with Crippen LogP contribution in [0.25, 0.3) is 27.8 Å². The number of anilines is 2. The first-order chi connectivity index (χ1) is 19.5. The molecule has 13 heteroatoms. The molecule has 0 atom stereocenters. The van der Waals surface area contributed by atoms with Crippen LogP contribution in [-0.2, 0) is 4.74 Å². The van der Waals surface area contributed by atoms with Crippen LogP contribution in [0.15, 0.2) is 65.5 Å². The molecule has 41 heavy (non-hydrogen) atoms. The van der Waals surface area contributed by atoms with Gasteiger partial charge in [-0.15, -0.1) is 0 Å². The minimum Gasteiger partial charge on any atom is -0.507 e. The predicted molar refractivity (Wildman–Crippen MR) is 146 cm³/mol. The van der Waals surface area contributed by atoms with Gasteiger partial charge in [0.05, 0.1) is 51.8 Å². The fourth-order valence-electron chi connectivity index (χ4n) is 4.45. The summed E-state index contributed by atoms with van der Waals surface area (Å²) in [5, 5.41) is 65.4. The van der Waals surface area contributed by atoms with Crippen molar-refractivity contribution in [2.75, 3.05) is 12.4 Å². The molecule has 0 radical (unpaired) electrons. The molecule has 0 saturated heterocycles. The first-order valence-corrected chi connectivity index (χ1v) is 11.8. The number of imidazole rings is 1. The lowest BCUT2D eigenvalue weighted by atomic mass is 9.99. The summed E-state index contributed by atoms with van der Waals surface area (Å²) in [6.45, 7) is 0. The molecule has 208 valence electrons. The minimum atomic E-state index is -1.22. The van der Waals surface area contributed by atoms with Gasteiger partial charge in [0.1, 0.15) is 28.7 Å². The van der Waals surface area contributed by atoms with Gasteiger partial charge in [-0.1, -0.05) is 0 Å². The first-order valence-electron chi connectivity index (χ1n) is 11.8. The van der Waals surface area contributed by atoms with E-state index in [1.54, 1.807) is 0 Å². The number of aromatic carboxylic acids is 1. The van der Waals surface area contributed by atoms with Crippen molar-refractivity contribution in [1.29, 1.82) is 0 Å². The van der Waals surface area contributed by atoms with Crippen LogP contribution in [0.1, 0.15) is 20.7 Å². The highest BCUT2D eigenvalue weighted by molar-refractivity contribution is 5.94. The third-order valence-corrected chi connectivity index (χ3v) is 6.31. The molecule has 0 aliphatic rings. The number of methoxy groups -OCH3 is 1. The molecule has 5 rings (SSSR count). The van der Waals surface area contributed by atoms with Crippen molar-refractivity contribution >= 4 is 34.3 Å². The van der Waals surface area contributed by atoms with E-state index in [-0.39, 0.29) is 50.6 Å². The number of aromatic amines is 1. The number of nitrogens with one attached hydrogen (secondary N) is 2. The Bertz CT molecular complexity index is 1890. The molecule has 13 nitrogen and oxygen atoms in total. The summed E-state index contributed by atoms with van der Waals surface area (Å²) >= 11 is 0. The number of esters is 1. The van der Waals surface area contributed by atoms with Crippen LogP contribution >= 0.6 is 0 Å². The largest absolute Gasteiger partial charge is 0.507 e. The highest BCUT2D eigenvalue weighted by Gasteiger charge is 2.22. The summed E-state index contributed by atoms with van der Waals surface area (Å²) in [5.74, 6) is -4.51. The van der Waals surface area contributed by atoms with Crippen LogP contribution < -0.4 is 11.0 Å². The maximum Gasteiger partial charge on any atom is 0.337 e. The fraction of sp³-hybridized carbons (Fsp3) is 0.0357. The van der Waals surface area contributed by atoms with Gasteiger partial charge in [0, 0.05) is 30.0 Å². The summed E-state index contributed by atoms with van der Waals surface area (Å²) in [7, 11) is 1.20. The van der Waals surface area contributed by atoms with Gasteiger partial charge in [-0.25, -0.2) is 14.4 Å². The van der Waals surface area contributed by atoms with E-state index >= 15 is 0 Å². The summed E-state index contributed by atoms with van der Waals surface area (Å²) < 4.78 is 5.71. The van der Waals surface area contributed by atoms with E-state index in [1.807, 2.05) is 0 Å². The second kappa shape index (κ2) is 9.89. The lowest BCUT2D eigenvalue weighted by molar-refractivity contribution is 0.0599. The molecule has 8 N–H and O–H groups in total. The molecular weight excluding hydrogens is 538 g/mol. The second-order valence-corrected chi connectivity index (χ2v) is 8.90. The average Bonchev–Trinajstić information content (AvgIpc) is 3.25. The molecule has 1 aromatic heterocycles. The predicted octanol–water partition coefficient (Wildman–Crippen LogP) is 3.74. The van der Waals surface area contributed by atoms with Gasteiger partial charge in [-0.05, 0) is 36.4 Å². The highest BCUT2D eigenvalue weighted by Crippen LogP contribution is 2.48. The van der Waals surface area contributed by atoms with E-state index in [1.165, 1.54) is 43.5 Å². The maximum atomic E-state index is 12.7. The van der Waals surface area contributed by atoms with E-state index < -0.39 is 40.6 Å². The van der Waals surface area contributed by atoms with Crippen molar-refractivity contribution in [3.05, 3.63) is 82.3 Å². The number of aromatic hydroxyl groups is 5. The number of hydrogen-bond donors (Lipinski definition) is 8. The summed E-state index contributed by atoms with van der Waals surface area (Å²) in [6.07, 6.45) is 0. The molecule has 4 aromatic carbocycles. The Kier molecular flexibility index (Phi) is 6.39. The van der Waals surface area contributed by atoms with Crippen LogP contribution in [0.2, 0.25) is 0 Å². The smallest absolute Gasteiger partial charge is 0.337 e. The van der Waals surface area contributed by atoms with Gasteiger partial charge >= 0.3 is 17.6 Å². The van der Waals surface area contributed by atoms with Crippen molar-refractivity contribution in [2.45, 2.75) is 0 Å². The number of phenols is 5. The molecule has 0 bridgehead atoms. The Morgan fingerprint density at radius 2 is 1.37 bits per heavy atom. The summed E-state index contributed by atoms with van der Waals surface area (Å²) in [5.41, 5.74) is -0.748. The lowest BCUT2D eigenvalue weighted by Crippen LogP contribution is -2.14. The molecule has 1 heterocycles. The zero-order chi connectivity index (χ0) is 29.6. The number of benzene rings is 4. The monoisotopic (exact) mass is 559 g/mol. The Morgan fingerprint density at radius 3 is 1.95 bits per heavy atom. The lowest BCUT2D eigenvalue weighted by Gasteiger charge is -2.16. The highest BCUT2D eigenvalue weighted by atomic mass is 16.5. The topological polar surface area (TPSA) is 215 Å². The second-order valence-electron chi connectivity index (χ2n) is 8.90. The number of H-pyrrole nitrogens is 1. The van der Waals surface area contributed by atoms with Crippen LogP contribution in [0.4, 0.5) is 11.4 Å². The van der Waals surface area contributed by atoms with E-state index in [4.69, 9.17) is 0 Å². The van der Waals surface area contributed by atoms with Gasteiger partial charge in [-0.3, -0.25) is 4.57 Å². The zero-order valence-electron chi connectivity index (χ0n) is 21.0. The van der Waals surface area contributed by atoms with E-state index in [9.17, 15) is 45.0 Å². The molecule has 0 amide bonds.